The third-order valence-electron chi connectivity index (χ3n) is 1.39. The summed E-state index contributed by atoms with van der Waals surface area (Å²) in [7, 11) is 0. The molecule has 11 heavy (non-hydrogen) atoms. The summed E-state index contributed by atoms with van der Waals surface area (Å²) in [6, 6.07) is 0.0962. The van der Waals surface area contributed by atoms with E-state index in [-0.39, 0.29) is 11.9 Å². The molecule has 3 N–H and O–H groups in total. The van der Waals surface area contributed by atoms with Crippen molar-refractivity contribution in [2.45, 2.75) is 33.2 Å². The normalized spacial score (nSPS) is 13.2. The second-order valence-corrected chi connectivity index (χ2v) is 3.33. The van der Waals surface area contributed by atoms with E-state index >= 15 is 0 Å². The van der Waals surface area contributed by atoms with Crippen LogP contribution in [0, 0.1) is 5.92 Å². The molecule has 0 fully saturated rings. The fourth-order valence-electron chi connectivity index (χ4n) is 0.964. The van der Waals surface area contributed by atoms with E-state index in [1.54, 1.807) is 0 Å². The van der Waals surface area contributed by atoms with Gasteiger partial charge in [-0.1, -0.05) is 13.8 Å². The van der Waals surface area contributed by atoms with E-state index in [1.165, 1.54) is 6.92 Å². The van der Waals surface area contributed by atoms with Crippen molar-refractivity contribution in [3.63, 3.8) is 0 Å². The maximum Gasteiger partial charge on any atom is 0.216 e. The van der Waals surface area contributed by atoms with Crippen molar-refractivity contribution in [1.82, 2.24) is 5.32 Å². The van der Waals surface area contributed by atoms with Crippen LogP contribution in [-0.2, 0) is 4.79 Å². The molecule has 0 rings (SSSR count). The second kappa shape index (κ2) is 5.13. The number of carbonyl (C=O) groups is 1. The SMILES string of the molecule is CC(=O)NCC(N)CC(C)C. The van der Waals surface area contributed by atoms with Crippen molar-refractivity contribution in [3.05, 3.63) is 0 Å². The van der Waals surface area contributed by atoms with Gasteiger partial charge in [0.1, 0.15) is 0 Å². The van der Waals surface area contributed by atoms with E-state index in [2.05, 4.69) is 19.2 Å². The summed E-state index contributed by atoms with van der Waals surface area (Å²) >= 11 is 0. The number of nitrogens with two attached hydrogens (primary N) is 1. The Morgan fingerprint density at radius 2 is 2.09 bits per heavy atom. The predicted molar refractivity (Wildman–Crippen MR) is 46.1 cm³/mol. The van der Waals surface area contributed by atoms with Gasteiger partial charge in [-0.25, -0.2) is 0 Å². The Kier molecular flexibility index (Phi) is 4.86. The lowest BCUT2D eigenvalue weighted by atomic mass is 10.0. The van der Waals surface area contributed by atoms with E-state index < -0.39 is 0 Å². The van der Waals surface area contributed by atoms with Crippen LogP contribution in [0.3, 0.4) is 0 Å². The third-order valence-corrected chi connectivity index (χ3v) is 1.39. The smallest absolute Gasteiger partial charge is 0.216 e. The molecule has 0 heterocycles. The molecule has 0 aliphatic carbocycles. The Hall–Kier alpha value is -0.570. The fraction of sp³-hybridized carbons (Fsp3) is 0.875. The topological polar surface area (TPSA) is 55.1 Å². The largest absolute Gasteiger partial charge is 0.355 e. The van der Waals surface area contributed by atoms with Crippen LogP contribution < -0.4 is 11.1 Å². The van der Waals surface area contributed by atoms with Crippen LogP contribution in [0.15, 0.2) is 0 Å². The molecule has 0 aromatic heterocycles. The highest BCUT2D eigenvalue weighted by molar-refractivity contribution is 5.72. The molecule has 0 aromatic rings. The highest BCUT2D eigenvalue weighted by Crippen LogP contribution is 2.01. The number of rotatable bonds is 4. The van der Waals surface area contributed by atoms with Gasteiger partial charge in [0.05, 0.1) is 0 Å². The maximum atomic E-state index is 10.5. The second-order valence-electron chi connectivity index (χ2n) is 3.33. The summed E-state index contributed by atoms with van der Waals surface area (Å²) in [5, 5.41) is 2.69. The molecule has 0 spiro atoms. The van der Waals surface area contributed by atoms with Gasteiger partial charge in [-0.3, -0.25) is 4.79 Å². The minimum absolute atomic E-state index is 0.00999. The average molecular weight is 158 g/mol. The maximum absolute atomic E-state index is 10.5. The van der Waals surface area contributed by atoms with Gasteiger partial charge in [0, 0.05) is 19.5 Å². The van der Waals surface area contributed by atoms with Crippen molar-refractivity contribution < 1.29 is 4.79 Å². The Labute approximate surface area is 68.3 Å². The summed E-state index contributed by atoms with van der Waals surface area (Å²) < 4.78 is 0. The van der Waals surface area contributed by atoms with Crippen molar-refractivity contribution in [2.75, 3.05) is 6.54 Å². The number of amides is 1. The van der Waals surface area contributed by atoms with Crippen LogP contribution in [0.25, 0.3) is 0 Å². The molecule has 0 radical (unpaired) electrons. The molecular weight excluding hydrogens is 140 g/mol. The van der Waals surface area contributed by atoms with Crippen molar-refractivity contribution in [3.8, 4) is 0 Å². The molecule has 1 amide bonds. The van der Waals surface area contributed by atoms with E-state index in [0.29, 0.717) is 12.5 Å². The van der Waals surface area contributed by atoms with Crippen LogP contribution >= 0.6 is 0 Å². The van der Waals surface area contributed by atoms with Crippen LogP contribution in [0.2, 0.25) is 0 Å². The summed E-state index contributed by atoms with van der Waals surface area (Å²) in [6.45, 7) is 6.33. The Morgan fingerprint density at radius 3 is 2.45 bits per heavy atom. The third kappa shape index (κ3) is 7.33. The molecule has 1 atom stereocenters. The van der Waals surface area contributed by atoms with Gasteiger partial charge in [0.15, 0.2) is 0 Å². The molecule has 0 aliphatic rings. The van der Waals surface area contributed by atoms with Gasteiger partial charge in [-0.2, -0.15) is 0 Å². The van der Waals surface area contributed by atoms with Crippen molar-refractivity contribution in [1.29, 1.82) is 0 Å². The first-order chi connectivity index (χ1) is 5.02. The van der Waals surface area contributed by atoms with Gasteiger partial charge in [0.2, 0.25) is 5.91 Å². The predicted octanol–water partition coefficient (Wildman–Crippen LogP) is 0.496. The van der Waals surface area contributed by atoms with Crippen molar-refractivity contribution in [2.24, 2.45) is 11.7 Å². The number of carbonyl (C=O) groups excluding carboxylic acids is 1. The van der Waals surface area contributed by atoms with Gasteiger partial charge >= 0.3 is 0 Å². The van der Waals surface area contributed by atoms with Gasteiger partial charge < -0.3 is 11.1 Å². The standard InChI is InChI=1S/C8H18N2O/c1-6(2)4-8(9)5-10-7(3)11/h6,8H,4-5,9H2,1-3H3,(H,10,11). The monoisotopic (exact) mass is 158 g/mol. The summed E-state index contributed by atoms with van der Waals surface area (Å²) in [6.07, 6.45) is 0.959. The van der Waals surface area contributed by atoms with Crippen LogP contribution in [0.1, 0.15) is 27.2 Å². The minimum atomic E-state index is -0.00999. The van der Waals surface area contributed by atoms with E-state index in [0.717, 1.165) is 6.42 Å². The van der Waals surface area contributed by atoms with E-state index in [1.807, 2.05) is 0 Å². The van der Waals surface area contributed by atoms with Gasteiger partial charge in [0.25, 0.3) is 0 Å². The first-order valence-corrected chi connectivity index (χ1v) is 4.02. The first-order valence-electron chi connectivity index (χ1n) is 4.02. The lowest BCUT2D eigenvalue weighted by Gasteiger charge is -2.13. The summed E-state index contributed by atoms with van der Waals surface area (Å²) in [4.78, 5) is 10.5. The van der Waals surface area contributed by atoms with Crippen LogP contribution in [0.5, 0.6) is 0 Å². The Morgan fingerprint density at radius 1 is 1.55 bits per heavy atom. The number of hydrogen-bond donors (Lipinski definition) is 2. The highest BCUT2D eigenvalue weighted by atomic mass is 16.1. The van der Waals surface area contributed by atoms with E-state index in [9.17, 15) is 4.79 Å². The number of nitrogens with one attached hydrogen (secondary N) is 1. The zero-order valence-electron chi connectivity index (χ0n) is 7.55. The molecule has 0 aromatic carbocycles. The molecule has 0 aliphatic heterocycles. The molecule has 3 nitrogen and oxygen atoms in total. The van der Waals surface area contributed by atoms with Crippen LogP contribution in [0.4, 0.5) is 0 Å². The molecule has 0 saturated heterocycles. The minimum Gasteiger partial charge on any atom is -0.355 e. The zero-order valence-corrected chi connectivity index (χ0v) is 7.55. The van der Waals surface area contributed by atoms with Gasteiger partial charge in [-0.15, -0.1) is 0 Å². The number of hydrogen-bond acceptors (Lipinski definition) is 2. The molecule has 1 unspecified atom stereocenters. The molecule has 0 bridgehead atoms. The van der Waals surface area contributed by atoms with Gasteiger partial charge in [-0.05, 0) is 12.3 Å². The lowest BCUT2D eigenvalue weighted by molar-refractivity contribution is -0.119. The van der Waals surface area contributed by atoms with Crippen LogP contribution in [-0.4, -0.2) is 18.5 Å². The Bertz CT molecular complexity index is 123. The lowest BCUT2D eigenvalue weighted by Crippen LogP contribution is -2.36. The molecule has 0 saturated carbocycles. The molecule has 66 valence electrons. The summed E-state index contributed by atoms with van der Waals surface area (Å²) in [5.74, 6) is 0.586. The molecule has 3 heteroatoms. The molecular formula is C8H18N2O. The quantitative estimate of drug-likeness (QED) is 0.626. The zero-order chi connectivity index (χ0) is 8.85. The first kappa shape index (κ1) is 10.4. The van der Waals surface area contributed by atoms with Crippen molar-refractivity contribution >= 4 is 5.91 Å². The average Bonchev–Trinajstić information content (AvgIpc) is 1.82. The van der Waals surface area contributed by atoms with E-state index in [4.69, 9.17) is 5.73 Å². The highest BCUT2D eigenvalue weighted by Gasteiger charge is 2.04. The fourth-order valence-corrected chi connectivity index (χ4v) is 0.964. The Balaban J connectivity index is 3.37. The summed E-state index contributed by atoms with van der Waals surface area (Å²) in [5.41, 5.74) is 5.71.